The third-order valence-corrected chi connectivity index (χ3v) is 5.15. The second-order valence-electron chi connectivity index (χ2n) is 5.29. The Hall–Kier alpha value is -2.77. The summed E-state index contributed by atoms with van der Waals surface area (Å²) in [5, 5.41) is 12.6. The van der Waals surface area contributed by atoms with Crippen LogP contribution in [0.1, 0.15) is 21.8 Å². The molecular weight excluding hydrogens is 354 g/mol. The van der Waals surface area contributed by atoms with E-state index < -0.39 is 0 Å². The largest absolute Gasteiger partial charge is 0.339 e. The van der Waals surface area contributed by atoms with Crippen molar-refractivity contribution >= 4 is 34.3 Å². The number of carbonyl (C=O) groups is 1. The van der Waals surface area contributed by atoms with Gasteiger partial charge in [-0.15, -0.1) is 11.3 Å². The Morgan fingerprint density at radius 1 is 1.12 bits per heavy atom. The normalized spacial score (nSPS) is 10.7. The van der Waals surface area contributed by atoms with Gasteiger partial charge in [0.15, 0.2) is 0 Å². The van der Waals surface area contributed by atoms with Crippen LogP contribution in [0.5, 0.6) is 0 Å². The molecule has 0 aliphatic rings. The van der Waals surface area contributed by atoms with E-state index >= 15 is 0 Å². The highest BCUT2D eigenvalue weighted by Gasteiger charge is 2.14. The van der Waals surface area contributed by atoms with E-state index in [1.807, 2.05) is 52.5 Å². The smallest absolute Gasteiger partial charge is 0.256 e. The molecule has 4 aromatic rings. The number of benzene rings is 1. The summed E-state index contributed by atoms with van der Waals surface area (Å²) in [7, 11) is 0. The summed E-state index contributed by atoms with van der Waals surface area (Å²) >= 11 is 3.06. The van der Waals surface area contributed by atoms with Crippen molar-refractivity contribution in [1.29, 1.82) is 0 Å². The highest BCUT2D eigenvalue weighted by atomic mass is 32.1. The molecule has 0 spiro atoms. The zero-order valence-electron chi connectivity index (χ0n) is 13.0. The SMILES string of the molecule is O=C(Nc1ccccc1Cc1nc(-c2cccs2)no1)c1ccsc1. The molecule has 1 amide bonds. The van der Waals surface area contributed by atoms with Crippen molar-refractivity contribution in [3.8, 4) is 10.7 Å². The summed E-state index contributed by atoms with van der Waals surface area (Å²) in [6, 6.07) is 13.3. The van der Waals surface area contributed by atoms with Gasteiger partial charge in [-0.25, -0.2) is 0 Å². The Balaban J connectivity index is 1.54. The number of hydrogen-bond donors (Lipinski definition) is 1. The van der Waals surface area contributed by atoms with Crippen LogP contribution in [0, 0.1) is 0 Å². The molecule has 0 saturated heterocycles. The maximum absolute atomic E-state index is 12.3. The van der Waals surface area contributed by atoms with Crippen LogP contribution in [-0.4, -0.2) is 16.0 Å². The molecule has 124 valence electrons. The van der Waals surface area contributed by atoms with Crippen LogP contribution in [-0.2, 0) is 6.42 Å². The van der Waals surface area contributed by atoms with E-state index in [4.69, 9.17) is 4.52 Å². The predicted molar refractivity (Wildman–Crippen MR) is 99.1 cm³/mol. The lowest BCUT2D eigenvalue weighted by Crippen LogP contribution is -2.12. The summed E-state index contributed by atoms with van der Waals surface area (Å²) in [6.45, 7) is 0. The number of anilines is 1. The molecule has 4 rings (SSSR count). The highest BCUT2D eigenvalue weighted by Crippen LogP contribution is 2.24. The predicted octanol–water partition coefficient (Wildman–Crippen LogP) is 4.70. The van der Waals surface area contributed by atoms with Gasteiger partial charge in [0.05, 0.1) is 16.9 Å². The van der Waals surface area contributed by atoms with Crippen molar-refractivity contribution in [2.75, 3.05) is 5.32 Å². The Bertz CT molecular complexity index is 976. The fraction of sp³-hybridized carbons (Fsp3) is 0.0556. The first kappa shape index (κ1) is 15.7. The van der Waals surface area contributed by atoms with Gasteiger partial charge in [-0.3, -0.25) is 4.79 Å². The number of hydrogen-bond acceptors (Lipinski definition) is 6. The fourth-order valence-electron chi connectivity index (χ4n) is 2.38. The lowest BCUT2D eigenvalue weighted by Gasteiger charge is -2.09. The molecule has 0 atom stereocenters. The first-order valence-corrected chi connectivity index (χ1v) is 9.40. The molecule has 3 aromatic heterocycles. The molecule has 0 saturated carbocycles. The van der Waals surface area contributed by atoms with Crippen LogP contribution in [0.4, 0.5) is 5.69 Å². The average Bonchev–Trinajstić information content (AvgIpc) is 3.38. The van der Waals surface area contributed by atoms with Crippen molar-refractivity contribution in [3.63, 3.8) is 0 Å². The molecule has 0 aliphatic carbocycles. The van der Waals surface area contributed by atoms with Crippen molar-refractivity contribution in [3.05, 3.63) is 75.6 Å². The Kier molecular flexibility index (Phi) is 4.41. The Morgan fingerprint density at radius 3 is 2.84 bits per heavy atom. The van der Waals surface area contributed by atoms with Gasteiger partial charge in [-0.1, -0.05) is 29.4 Å². The number of nitrogens with one attached hydrogen (secondary N) is 1. The number of thiophene rings is 2. The minimum atomic E-state index is -0.126. The lowest BCUT2D eigenvalue weighted by atomic mass is 10.1. The number of amides is 1. The van der Waals surface area contributed by atoms with Gasteiger partial charge >= 0.3 is 0 Å². The maximum atomic E-state index is 12.3. The van der Waals surface area contributed by atoms with Gasteiger partial charge in [-0.05, 0) is 34.5 Å². The number of rotatable bonds is 5. The lowest BCUT2D eigenvalue weighted by molar-refractivity contribution is 0.102. The monoisotopic (exact) mass is 367 g/mol. The van der Waals surface area contributed by atoms with E-state index in [0.29, 0.717) is 23.7 Å². The third-order valence-electron chi connectivity index (χ3n) is 3.60. The second kappa shape index (κ2) is 7.00. The second-order valence-corrected chi connectivity index (χ2v) is 7.02. The summed E-state index contributed by atoms with van der Waals surface area (Å²) in [5.41, 5.74) is 2.32. The van der Waals surface area contributed by atoms with E-state index in [9.17, 15) is 4.79 Å². The Labute approximate surface area is 152 Å². The van der Waals surface area contributed by atoms with Gasteiger partial charge in [-0.2, -0.15) is 16.3 Å². The van der Waals surface area contributed by atoms with Crippen molar-refractivity contribution < 1.29 is 9.32 Å². The molecule has 5 nitrogen and oxygen atoms in total. The quantitative estimate of drug-likeness (QED) is 0.555. The molecule has 0 bridgehead atoms. The van der Waals surface area contributed by atoms with Gasteiger partial charge in [0, 0.05) is 11.1 Å². The van der Waals surface area contributed by atoms with E-state index in [2.05, 4.69) is 15.5 Å². The van der Waals surface area contributed by atoms with Gasteiger partial charge < -0.3 is 9.84 Å². The molecule has 1 N–H and O–H groups in total. The van der Waals surface area contributed by atoms with Crippen LogP contribution < -0.4 is 5.32 Å². The summed E-state index contributed by atoms with van der Waals surface area (Å²) in [5.74, 6) is 0.976. The van der Waals surface area contributed by atoms with Crippen molar-refractivity contribution in [1.82, 2.24) is 10.1 Å². The van der Waals surface area contributed by atoms with Crippen LogP contribution in [0.2, 0.25) is 0 Å². The number of nitrogens with zero attached hydrogens (tertiary/aromatic N) is 2. The first-order valence-electron chi connectivity index (χ1n) is 7.57. The highest BCUT2D eigenvalue weighted by molar-refractivity contribution is 7.13. The molecule has 0 aliphatic heterocycles. The van der Waals surface area contributed by atoms with Crippen molar-refractivity contribution in [2.45, 2.75) is 6.42 Å². The van der Waals surface area contributed by atoms with Crippen LogP contribution >= 0.6 is 22.7 Å². The van der Waals surface area contributed by atoms with Crippen molar-refractivity contribution in [2.24, 2.45) is 0 Å². The number of carbonyl (C=O) groups excluding carboxylic acids is 1. The minimum Gasteiger partial charge on any atom is -0.339 e. The average molecular weight is 367 g/mol. The summed E-state index contributed by atoms with van der Waals surface area (Å²) < 4.78 is 5.36. The summed E-state index contributed by atoms with van der Waals surface area (Å²) in [6.07, 6.45) is 0.457. The van der Waals surface area contributed by atoms with Gasteiger partial charge in [0.1, 0.15) is 0 Å². The molecule has 1 aromatic carbocycles. The van der Waals surface area contributed by atoms with E-state index in [0.717, 1.165) is 16.1 Å². The molecule has 25 heavy (non-hydrogen) atoms. The van der Waals surface area contributed by atoms with Gasteiger partial charge in [0.25, 0.3) is 5.91 Å². The number of para-hydroxylation sites is 1. The van der Waals surface area contributed by atoms with Crippen LogP contribution in [0.25, 0.3) is 10.7 Å². The molecule has 7 heteroatoms. The minimum absolute atomic E-state index is 0.126. The molecule has 0 unspecified atom stereocenters. The van der Waals surface area contributed by atoms with Crippen LogP contribution in [0.15, 0.2) is 63.1 Å². The third kappa shape index (κ3) is 3.52. The first-order chi connectivity index (χ1) is 12.3. The zero-order chi connectivity index (χ0) is 17.1. The number of aromatic nitrogens is 2. The molecule has 3 heterocycles. The Morgan fingerprint density at radius 2 is 2.04 bits per heavy atom. The topological polar surface area (TPSA) is 68.0 Å². The van der Waals surface area contributed by atoms with Gasteiger partial charge in [0.2, 0.25) is 11.7 Å². The summed E-state index contributed by atoms with van der Waals surface area (Å²) in [4.78, 5) is 17.7. The molecule has 0 fully saturated rings. The zero-order valence-corrected chi connectivity index (χ0v) is 14.6. The standard InChI is InChI=1S/C18H13N3O2S2/c22-18(13-7-9-24-11-13)19-14-5-2-1-4-12(14)10-16-20-17(21-23-16)15-6-3-8-25-15/h1-9,11H,10H2,(H,19,22). The fourth-order valence-corrected chi connectivity index (χ4v) is 3.67. The molecular formula is C18H13N3O2S2. The van der Waals surface area contributed by atoms with E-state index in [-0.39, 0.29) is 5.91 Å². The maximum Gasteiger partial charge on any atom is 0.256 e. The molecule has 0 radical (unpaired) electrons. The van der Waals surface area contributed by atoms with E-state index in [1.54, 1.807) is 17.4 Å². The van der Waals surface area contributed by atoms with Crippen LogP contribution in [0.3, 0.4) is 0 Å². The van der Waals surface area contributed by atoms with E-state index in [1.165, 1.54) is 11.3 Å².